The first kappa shape index (κ1) is 19.7. The van der Waals surface area contributed by atoms with Crippen LogP contribution in [0.1, 0.15) is 48.6 Å². The van der Waals surface area contributed by atoms with Crippen molar-refractivity contribution in [3.63, 3.8) is 0 Å². The average molecular weight is 359 g/mol. The number of hydrogen-bond acceptors (Lipinski definition) is 5. The van der Waals surface area contributed by atoms with Crippen molar-refractivity contribution in [3.05, 3.63) is 32.7 Å². The van der Waals surface area contributed by atoms with Crippen LogP contribution in [0, 0.1) is 31.1 Å². The van der Waals surface area contributed by atoms with E-state index in [1.54, 1.807) is 25.7 Å². The van der Waals surface area contributed by atoms with E-state index in [4.69, 9.17) is 10.00 Å². The molecule has 0 radical (unpaired) electrons. The van der Waals surface area contributed by atoms with E-state index in [2.05, 4.69) is 4.98 Å². The Morgan fingerprint density at radius 3 is 2.77 bits per heavy atom. The van der Waals surface area contributed by atoms with Crippen molar-refractivity contribution in [2.45, 2.75) is 46.5 Å². The molecular weight excluding hydrogens is 334 g/mol. The SMILES string of the molecule is CCOC(=O)C1CCCN(C(=O)CCc2c(C)[nH]c(=O)c(C#N)c2C)C1. The molecule has 1 aliphatic rings. The quantitative estimate of drug-likeness (QED) is 0.804. The number of aryl methyl sites for hydroxylation is 1. The van der Waals surface area contributed by atoms with Gasteiger partial charge in [-0.2, -0.15) is 5.26 Å². The van der Waals surface area contributed by atoms with Crippen LogP contribution in [0.25, 0.3) is 0 Å². The third-order valence-electron chi connectivity index (χ3n) is 4.90. The number of esters is 1. The smallest absolute Gasteiger partial charge is 0.310 e. The predicted octanol–water partition coefficient (Wildman–Crippen LogP) is 1.60. The van der Waals surface area contributed by atoms with Crippen LogP contribution in [-0.4, -0.2) is 41.5 Å². The lowest BCUT2D eigenvalue weighted by Gasteiger charge is -2.31. The van der Waals surface area contributed by atoms with Crippen molar-refractivity contribution < 1.29 is 14.3 Å². The van der Waals surface area contributed by atoms with E-state index in [0.717, 1.165) is 18.4 Å². The molecule has 1 aliphatic heterocycles. The average Bonchev–Trinajstić information content (AvgIpc) is 2.61. The Morgan fingerprint density at radius 1 is 1.38 bits per heavy atom. The largest absolute Gasteiger partial charge is 0.466 e. The second-order valence-electron chi connectivity index (χ2n) is 6.60. The number of likely N-dealkylation sites (tertiary alicyclic amines) is 1. The number of nitrogens with zero attached hydrogens (tertiary/aromatic N) is 2. The summed E-state index contributed by atoms with van der Waals surface area (Å²) in [6, 6.07) is 1.92. The Morgan fingerprint density at radius 2 is 2.12 bits per heavy atom. The van der Waals surface area contributed by atoms with Gasteiger partial charge in [0.25, 0.3) is 5.56 Å². The zero-order chi connectivity index (χ0) is 19.3. The van der Waals surface area contributed by atoms with E-state index < -0.39 is 5.56 Å². The minimum absolute atomic E-state index is 0.0255. The molecule has 1 aromatic heterocycles. The van der Waals surface area contributed by atoms with E-state index in [0.29, 0.717) is 37.4 Å². The zero-order valence-electron chi connectivity index (χ0n) is 15.6. The van der Waals surface area contributed by atoms with Crippen LogP contribution in [-0.2, 0) is 20.7 Å². The standard InChI is InChI=1S/C19H25N3O4/c1-4-26-19(25)14-6-5-9-22(11-14)17(23)8-7-15-12(2)16(10-20)18(24)21-13(15)3/h14H,4-9,11H2,1-3H3,(H,21,24). The highest BCUT2D eigenvalue weighted by molar-refractivity contribution is 5.78. The summed E-state index contributed by atoms with van der Waals surface area (Å²) in [5.74, 6) is -0.520. The van der Waals surface area contributed by atoms with Crippen molar-refractivity contribution in [2.75, 3.05) is 19.7 Å². The maximum Gasteiger partial charge on any atom is 0.310 e. The number of carbonyl (C=O) groups excluding carboxylic acids is 2. The number of aromatic nitrogens is 1. The summed E-state index contributed by atoms with van der Waals surface area (Å²) in [7, 11) is 0. The maximum atomic E-state index is 12.6. The molecule has 7 nitrogen and oxygen atoms in total. The highest BCUT2D eigenvalue weighted by Crippen LogP contribution is 2.20. The number of rotatable bonds is 5. The van der Waals surface area contributed by atoms with Crippen molar-refractivity contribution in [1.82, 2.24) is 9.88 Å². The van der Waals surface area contributed by atoms with Gasteiger partial charge in [0.05, 0.1) is 12.5 Å². The minimum atomic E-state index is -0.397. The fourth-order valence-corrected chi connectivity index (χ4v) is 3.47. The fraction of sp³-hybridized carbons (Fsp3) is 0.579. The first-order chi connectivity index (χ1) is 12.4. The molecular formula is C19H25N3O4. The molecule has 0 saturated carbocycles. The lowest BCUT2D eigenvalue weighted by Crippen LogP contribution is -2.43. The third kappa shape index (κ3) is 4.31. The number of H-pyrrole nitrogens is 1. The molecule has 140 valence electrons. The predicted molar refractivity (Wildman–Crippen MR) is 95.5 cm³/mol. The van der Waals surface area contributed by atoms with Gasteiger partial charge in [0.2, 0.25) is 5.91 Å². The molecule has 26 heavy (non-hydrogen) atoms. The van der Waals surface area contributed by atoms with Gasteiger partial charge in [-0.05, 0) is 51.2 Å². The van der Waals surface area contributed by atoms with E-state index in [-0.39, 0.29) is 29.8 Å². The summed E-state index contributed by atoms with van der Waals surface area (Å²) in [4.78, 5) is 40.7. The molecule has 0 spiro atoms. The third-order valence-corrected chi connectivity index (χ3v) is 4.90. The zero-order valence-corrected chi connectivity index (χ0v) is 15.6. The van der Waals surface area contributed by atoms with Crippen molar-refractivity contribution >= 4 is 11.9 Å². The number of aromatic amines is 1. The molecule has 2 heterocycles. The minimum Gasteiger partial charge on any atom is -0.466 e. The van der Waals surface area contributed by atoms with Crippen molar-refractivity contribution in [2.24, 2.45) is 5.92 Å². The van der Waals surface area contributed by atoms with E-state index in [1.165, 1.54) is 0 Å². The number of amides is 1. The summed E-state index contributed by atoms with van der Waals surface area (Å²) >= 11 is 0. The second kappa shape index (κ2) is 8.65. The van der Waals surface area contributed by atoms with Gasteiger partial charge in [0, 0.05) is 25.2 Å². The molecule has 1 amide bonds. The molecule has 2 rings (SSSR count). The van der Waals surface area contributed by atoms with Gasteiger partial charge in [0.1, 0.15) is 11.6 Å². The fourth-order valence-electron chi connectivity index (χ4n) is 3.47. The van der Waals surface area contributed by atoms with Gasteiger partial charge in [-0.15, -0.1) is 0 Å². The van der Waals surface area contributed by atoms with Crippen LogP contribution in [0.4, 0.5) is 0 Å². The molecule has 1 unspecified atom stereocenters. The Bertz CT molecular complexity index is 791. The Hall–Kier alpha value is -2.62. The van der Waals surface area contributed by atoms with E-state index in [1.807, 2.05) is 6.07 Å². The lowest BCUT2D eigenvalue weighted by molar-refractivity contribution is -0.151. The van der Waals surface area contributed by atoms with Crippen LogP contribution in [0.3, 0.4) is 0 Å². The number of carbonyl (C=O) groups is 2. The van der Waals surface area contributed by atoms with Crippen LogP contribution in [0.5, 0.6) is 0 Å². The molecule has 0 bridgehead atoms. The topological polar surface area (TPSA) is 103 Å². The monoisotopic (exact) mass is 359 g/mol. The number of piperidine rings is 1. The number of ether oxygens (including phenoxy) is 1. The summed E-state index contributed by atoms with van der Waals surface area (Å²) in [6.07, 6.45) is 2.24. The Balaban J connectivity index is 2.04. The highest BCUT2D eigenvalue weighted by Gasteiger charge is 2.29. The van der Waals surface area contributed by atoms with Gasteiger partial charge in [-0.25, -0.2) is 0 Å². The summed E-state index contributed by atoms with van der Waals surface area (Å²) in [5, 5.41) is 9.13. The molecule has 1 N–H and O–H groups in total. The number of pyridine rings is 1. The summed E-state index contributed by atoms with van der Waals surface area (Å²) in [5.41, 5.74) is 1.84. The van der Waals surface area contributed by atoms with Crippen molar-refractivity contribution in [1.29, 1.82) is 5.26 Å². The number of nitrogens with one attached hydrogen (secondary N) is 1. The molecule has 1 aromatic rings. The Labute approximate surface area is 153 Å². The number of hydrogen-bond donors (Lipinski definition) is 1. The summed E-state index contributed by atoms with van der Waals surface area (Å²) in [6.45, 7) is 6.65. The Kier molecular flexibility index (Phi) is 6.56. The molecule has 1 atom stereocenters. The van der Waals surface area contributed by atoms with E-state index >= 15 is 0 Å². The van der Waals surface area contributed by atoms with Crippen LogP contribution in [0.15, 0.2) is 4.79 Å². The van der Waals surface area contributed by atoms with Crippen LogP contribution in [0.2, 0.25) is 0 Å². The molecule has 0 aromatic carbocycles. The second-order valence-corrected chi connectivity index (χ2v) is 6.60. The molecule has 1 saturated heterocycles. The maximum absolute atomic E-state index is 12.6. The van der Waals surface area contributed by atoms with Gasteiger partial charge in [0.15, 0.2) is 0 Å². The first-order valence-corrected chi connectivity index (χ1v) is 8.95. The molecule has 1 fully saturated rings. The van der Waals surface area contributed by atoms with E-state index in [9.17, 15) is 14.4 Å². The normalized spacial score (nSPS) is 16.8. The number of nitriles is 1. The first-order valence-electron chi connectivity index (χ1n) is 8.95. The highest BCUT2D eigenvalue weighted by atomic mass is 16.5. The van der Waals surface area contributed by atoms with Crippen LogP contribution < -0.4 is 5.56 Å². The molecule has 7 heteroatoms. The molecule has 0 aliphatic carbocycles. The van der Waals surface area contributed by atoms with Gasteiger partial charge in [-0.1, -0.05) is 0 Å². The van der Waals surface area contributed by atoms with Crippen LogP contribution >= 0.6 is 0 Å². The lowest BCUT2D eigenvalue weighted by atomic mass is 9.96. The van der Waals surface area contributed by atoms with Gasteiger partial charge < -0.3 is 14.6 Å². The van der Waals surface area contributed by atoms with Gasteiger partial charge >= 0.3 is 5.97 Å². The summed E-state index contributed by atoms with van der Waals surface area (Å²) < 4.78 is 5.07. The van der Waals surface area contributed by atoms with Gasteiger partial charge in [-0.3, -0.25) is 14.4 Å². The van der Waals surface area contributed by atoms with Crippen molar-refractivity contribution in [3.8, 4) is 6.07 Å².